The van der Waals surface area contributed by atoms with Crippen LogP contribution in [0.3, 0.4) is 0 Å². The molecule has 6 rings (SSSR count). The first-order valence-corrected chi connectivity index (χ1v) is 13.5. The predicted octanol–water partition coefficient (Wildman–Crippen LogP) is 5.50. The third-order valence-corrected chi connectivity index (χ3v) is 8.10. The molecule has 1 aliphatic heterocycles. The Morgan fingerprint density at radius 1 is 0.842 bits per heavy atom. The summed E-state index contributed by atoms with van der Waals surface area (Å²) in [6.07, 6.45) is 7.05. The van der Waals surface area contributed by atoms with Crippen LogP contribution in [0, 0.1) is 0 Å². The number of fused-ring (bicyclic) bond motifs is 1. The van der Waals surface area contributed by atoms with Crippen molar-refractivity contribution in [1.29, 1.82) is 0 Å². The smallest absolute Gasteiger partial charge is 0.271 e. The average molecular weight is 521 g/mol. The number of ether oxygens (including phenoxy) is 2. The molecule has 0 bridgehead atoms. The highest BCUT2D eigenvalue weighted by molar-refractivity contribution is 7.07. The van der Waals surface area contributed by atoms with Gasteiger partial charge in [0.1, 0.15) is 11.5 Å². The van der Waals surface area contributed by atoms with Gasteiger partial charge in [-0.3, -0.25) is 9.36 Å². The molecule has 0 amide bonds. The monoisotopic (exact) mass is 520 g/mol. The first-order chi connectivity index (χ1) is 18.6. The Morgan fingerprint density at radius 2 is 1.50 bits per heavy atom. The van der Waals surface area contributed by atoms with Crippen LogP contribution in [0.1, 0.15) is 42.0 Å². The third-order valence-electron chi connectivity index (χ3n) is 7.12. The van der Waals surface area contributed by atoms with E-state index in [4.69, 9.17) is 14.5 Å². The lowest BCUT2D eigenvalue weighted by Gasteiger charge is -2.31. The molecular weight excluding hydrogens is 492 g/mol. The highest BCUT2D eigenvalue weighted by Crippen LogP contribution is 2.41. The van der Waals surface area contributed by atoms with Crippen LogP contribution in [0.4, 0.5) is 0 Å². The van der Waals surface area contributed by atoms with E-state index in [1.165, 1.54) is 22.5 Å². The molecule has 0 fully saturated rings. The highest BCUT2D eigenvalue weighted by atomic mass is 32.1. The first kappa shape index (κ1) is 24.2. The Kier molecular flexibility index (Phi) is 6.56. The average Bonchev–Trinajstić information content (AvgIpc) is 3.27. The molecule has 2 heterocycles. The summed E-state index contributed by atoms with van der Waals surface area (Å²) in [5.74, 6) is 1.63. The molecule has 0 saturated carbocycles. The molecule has 5 nitrogen and oxygen atoms in total. The molecule has 1 aliphatic carbocycles. The Balaban J connectivity index is 1.55. The second-order valence-corrected chi connectivity index (χ2v) is 10.4. The quantitative estimate of drug-likeness (QED) is 0.349. The van der Waals surface area contributed by atoms with E-state index in [1.54, 1.807) is 14.2 Å². The number of aromatic nitrogens is 1. The normalized spacial score (nSPS) is 18.1. The molecule has 0 saturated heterocycles. The van der Waals surface area contributed by atoms with Gasteiger partial charge in [-0.1, -0.05) is 65.9 Å². The van der Waals surface area contributed by atoms with Crippen LogP contribution in [0.15, 0.2) is 105 Å². The number of hydrogen-bond acceptors (Lipinski definition) is 5. The van der Waals surface area contributed by atoms with Gasteiger partial charge in [-0.05, 0) is 83.5 Å². The maximum atomic E-state index is 13.8. The van der Waals surface area contributed by atoms with E-state index in [0.717, 1.165) is 58.0 Å². The minimum atomic E-state index is -0.204. The summed E-state index contributed by atoms with van der Waals surface area (Å²) in [4.78, 5) is 19.7. The zero-order valence-electron chi connectivity index (χ0n) is 21.4. The van der Waals surface area contributed by atoms with Crippen molar-refractivity contribution in [2.75, 3.05) is 14.2 Å². The van der Waals surface area contributed by atoms with Gasteiger partial charge in [0.25, 0.3) is 5.56 Å². The van der Waals surface area contributed by atoms with Crippen molar-refractivity contribution >= 4 is 23.5 Å². The molecule has 1 atom stereocenters. The van der Waals surface area contributed by atoms with Gasteiger partial charge in [0, 0.05) is 0 Å². The van der Waals surface area contributed by atoms with Crippen LogP contribution >= 0.6 is 11.3 Å². The van der Waals surface area contributed by atoms with E-state index in [0.29, 0.717) is 4.53 Å². The van der Waals surface area contributed by atoms with Crippen LogP contribution in [0.5, 0.6) is 11.5 Å². The van der Waals surface area contributed by atoms with E-state index in [9.17, 15) is 4.79 Å². The third kappa shape index (κ3) is 4.52. The molecule has 190 valence electrons. The number of allylic oxidation sites excluding steroid dienone is 2. The maximum absolute atomic E-state index is 13.8. The molecule has 4 aromatic rings. The fraction of sp³-hybridized carbons (Fsp3) is 0.188. The summed E-state index contributed by atoms with van der Waals surface area (Å²) < 4.78 is 13.3. The van der Waals surface area contributed by atoms with Crippen molar-refractivity contribution in [3.8, 4) is 11.5 Å². The van der Waals surface area contributed by atoms with Crippen LogP contribution < -0.4 is 24.4 Å². The number of hydrogen-bond donors (Lipinski definition) is 0. The molecular formula is C32H28N2O3S. The first-order valence-electron chi connectivity index (χ1n) is 12.7. The van der Waals surface area contributed by atoms with Gasteiger partial charge in [-0.15, -0.1) is 0 Å². The Bertz CT molecular complexity index is 1710. The lowest BCUT2D eigenvalue weighted by molar-refractivity contribution is 0.414. The fourth-order valence-corrected chi connectivity index (χ4v) is 6.25. The molecule has 6 heteroatoms. The van der Waals surface area contributed by atoms with Gasteiger partial charge < -0.3 is 9.47 Å². The van der Waals surface area contributed by atoms with Crippen molar-refractivity contribution < 1.29 is 9.47 Å². The minimum absolute atomic E-state index is 0.00349. The topological polar surface area (TPSA) is 52.8 Å². The van der Waals surface area contributed by atoms with Gasteiger partial charge in [-0.25, -0.2) is 4.99 Å². The van der Waals surface area contributed by atoms with Gasteiger partial charge in [0.15, 0.2) is 4.80 Å². The molecule has 0 N–H and O–H groups in total. The predicted molar refractivity (Wildman–Crippen MR) is 152 cm³/mol. The molecule has 38 heavy (non-hydrogen) atoms. The van der Waals surface area contributed by atoms with Gasteiger partial charge in [0.2, 0.25) is 0 Å². The summed E-state index contributed by atoms with van der Waals surface area (Å²) in [5.41, 5.74) is 6.58. The number of rotatable bonds is 5. The van der Waals surface area contributed by atoms with Gasteiger partial charge in [-0.2, -0.15) is 0 Å². The van der Waals surface area contributed by atoms with E-state index in [2.05, 4.69) is 30.3 Å². The van der Waals surface area contributed by atoms with Crippen LogP contribution in [0.25, 0.3) is 12.2 Å². The molecule has 3 aromatic carbocycles. The Hall–Kier alpha value is -4.16. The second-order valence-electron chi connectivity index (χ2n) is 9.44. The van der Waals surface area contributed by atoms with Crippen molar-refractivity contribution in [3.63, 3.8) is 0 Å². The Morgan fingerprint density at radius 3 is 2.18 bits per heavy atom. The highest BCUT2D eigenvalue weighted by Gasteiger charge is 2.32. The summed E-state index contributed by atoms with van der Waals surface area (Å²) in [5, 5.41) is 0. The van der Waals surface area contributed by atoms with E-state index < -0.39 is 0 Å². The lowest BCUT2D eigenvalue weighted by Crippen LogP contribution is -2.39. The van der Waals surface area contributed by atoms with Gasteiger partial charge in [0.05, 0.1) is 30.5 Å². The number of thiazole rings is 1. The van der Waals surface area contributed by atoms with Crippen molar-refractivity contribution in [2.45, 2.75) is 25.3 Å². The van der Waals surface area contributed by atoms with Crippen LogP contribution in [-0.4, -0.2) is 18.8 Å². The van der Waals surface area contributed by atoms with Crippen molar-refractivity contribution in [2.24, 2.45) is 4.99 Å². The fourth-order valence-electron chi connectivity index (χ4n) is 5.24. The molecule has 1 unspecified atom stereocenters. The van der Waals surface area contributed by atoms with E-state index in [-0.39, 0.29) is 11.6 Å². The number of benzene rings is 3. The SMILES string of the molecule is COc1ccc(/C=C2\CCCC3=C2N=c2s/c(=C/c4ccccc4)c(=O)n2C3c2ccc(OC)cc2)cc1. The van der Waals surface area contributed by atoms with Crippen LogP contribution in [0.2, 0.25) is 0 Å². The van der Waals surface area contributed by atoms with Crippen molar-refractivity contribution in [3.05, 3.63) is 132 Å². The van der Waals surface area contributed by atoms with E-state index in [1.807, 2.05) is 65.2 Å². The zero-order valence-corrected chi connectivity index (χ0v) is 22.2. The molecule has 2 aliphatic rings. The largest absolute Gasteiger partial charge is 0.497 e. The number of nitrogens with zero attached hydrogens (tertiary/aromatic N) is 2. The van der Waals surface area contributed by atoms with Crippen molar-refractivity contribution in [1.82, 2.24) is 4.57 Å². The van der Waals surface area contributed by atoms with Crippen LogP contribution in [-0.2, 0) is 0 Å². The summed E-state index contributed by atoms with van der Waals surface area (Å²) in [6, 6.07) is 25.9. The Labute approximate surface area is 225 Å². The molecule has 1 aromatic heterocycles. The number of methoxy groups -OCH3 is 2. The molecule has 0 radical (unpaired) electrons. The second kappa shape index (κ2) is 10.3. The lowest BCUT2D eigenvalue weighted by atomic mass is 9.84. The standard InChI is InChI=1S/C32H28N2O3S/c1-36-25-15-11-22(12-16-25)19-24-9-6-10-27-29(24)33-32-34(30(27)23-13-17-26(37-2)18-14-23)31(35)28(38-32)20-21-7-4-3-5-8-21/h3-5,7-8,11-20,30H,6,9-10H2,1-2H3/b24-19+,28-20+. The zero-order chi connectivity index (χ0) is 26.1. The maximum Gasteiger partial charge on any atom is 0.271 e. The minimum Gasteiger partial charge on any atom is -0.497 e. The summed E-state index contributed by atoms with van der Waals surface area (Å²) in [6.45, 7) is 0. The van der Waals surface area contributed by atoms with E-state index >= 15 is 0 Å². The summed E-state index contributed by atoms with van der Waals surface area (Å²) in [7, 11) is 3.34. The van der Waals surface area contributed by atoms with Gasteiger partial charge >= 0.3 is 0 Å². The summed E-state index contributed by atoms with van der Waals surface area (Å²) >= 11 is 1.46. The molecule has 0 spiro atoms.